The van der Waals surface area contributed by atoms with Gasteiger partial charge in [-0.05, 0) is 20.9 Å². The molecule has 0 aliphatic heterocycles. The molecule has 0 fully saturated rings. The molecule has 0 aromatic rings. The Balaban J connectivity index is 3.10. The smallest absolute Gasteiger partial charge is 0.153 e. The van der Waals surface area contributed by atoms with E-state index in [1.165, 1.54) is 0 Å². The first-order chi connectivity index (χ1) is 3.66. The summed E-state index contributed by atoms with van der Waals surface area (Å²) in [5, 5.41) is 11.4. The largest absolute Gasteiger partial charge is 0.368 e. The molecule has 0 amide bonds. The number of aliphatic hydroxyl groups is 1. The lowest BCUT2D eigenvalue weighted by Gasteiger charge is -2.12. The van der Waals surface area contributed by atoms with Gasteiger partial charge in [0.15, 0.2) is 6.29 Å². The van der Waals surface area contributed by atoms with Gasteiger partial charge in [-0.1, -0.05) is 0 Å². The fourth-order valence-corrected chi connectivity index (χ4v) is 0.363. The lowest BCUT2D eigenvalue weighted by Crippen LogP contribution is -2.28. The summed E-state index contributed by atoms with van der Waals surface area (Å²) in [5.41, 5.74) is 0. The Labute approximate surface area is 49.7 Å². The molecule has 2 atom stereocenters. The first-order valence-electron chi connectivity index (χ1n) is 2.67. The van der Waals surface area contributed by atoms with Crippen molar-refractivity contribution in [2.75, 3.05) is 7.05 Å². The molecule has 3 heteroatoms. The van der Waals surface area contributed by atoms with Crippen LogP contribution in [-0.2, 0) is 4.74 Å². The van der Waals surface area contributed by atoms with Crippen molar-refractivity contribution < 1.29 is 9.84 Å². The van der Waals surface area contributed by atoms with Crippen LogP contribution in [0.15, 0.2) is 0 Å². The minimum absolute atomic E-state index is 0.0741. The second-order valence-electron chi connectivity index (χ2n) is 1.67. The molecule has 0 radical (unpaired) electrons. The van der Waals surface area contributed by atoms with Crippen LogP contribution in [0.2, 0.25) is 0 Å². The van der Waals surface area contributed by atoms with E-state index in [0.717, 1.165) is 0 Å². The highest BCUT2D eigenvalue weighted by Gasteiger charge is 1.99. The summed E-state index contributed by atoms with van der Waals surface area (Å²) in [6, 6.07) is 0. The van der Waals surface area contributed by atoms with Crippen molar-refractivity contribution in [3.8, 4) is 0 Å². The van der Waals surface area contributed by atoms with Gasteiger partial charge in [-0.15, -0.1) is 0 Å². The molecule has 0 saturated heterocycles. The summed E-state index contributed by atoms with van der Waals surface area (Å²) in [6.45, 7) is 3.40. The van der Waals surface area contributed by atoms with Gasteiger partial charge in [0.1, 0.15) is 6.23 Å². The fraction of sp³-hybridized carbons (Fsp3) is 1.00. The van der Waals surface area contributed by atoms with Gasteiger partial charge in [-0.25, -0.2) is 0 Å². The molecule has 0 bridgehead atoms. The average molecular weight is 119 g/mol. The Kier molecular flexibility index (Phi) is 3.77. The summed E-state index contributed by atoms with van der Waals surface area (Å²) in [4.78, 5) is 0. The van der Waals surface area contributed by atoms with Crippen LogP contribution in [0.3, 0.4) is 0 Å². The van der Waals surface area contributed by atoms with Crippen molar-refractivity contribution in [1.82, 2.24) is 5.32 Å². The van der Waals surface area contributed by atoms with Gasteiger partial charge in [0.25, 0.3) is 0 Å². The highest BCUT2D eigenvalue weighted by molar-refractivity contribution is 4.38. The summed E-state index contributed by atoms with van der Waals surface area (Å²) in [5.74, 6) is 0. The van der Waals surface area contributed by atoms with Crippen molar-refractivity contribution in [2.45, 2.75) is 26.4 Å². The summed E-state index contributed by atoms with van der Waals surface area (Å²) in [6.07, 6.45) is -0.757. The second-order valence-corrected chi connectivity index (χ2v) is 1.67. The summed E-state index contributed by atoms with van der Waals surface area (Å²) in [7, 11) is 1.77. The first-order valence-corrected chi connectivity index (χ1v) is 2.67. The third kappa shape index (κ3) is 4.05. The molecule has 2 unspecified atom stereocenters. The van der Waals surface area contributed by atoms with Gasteiger partial charge < -0.3 is 9.84 Å². The molecule has 8 heavy (non-hydrogen) atoms. The molecule has 0 heterocycles. The van der Waals surface area contributed by atoms with E-state index in [2.05, 4.69) is 5.32 Å². The van der Waals surface area contributed by atoms with Gasteiger partial charge in [-0.3, -0.25) is 5.32 Å². The maximum Gasteiger partial charge on any atom is 0.153 e. The summed E-state index contributed by atoms with van der Waals surface area (Å²) < 4.78 is 4.84. The zero-order chi connectivity index (χ0) is 6.57. The normalized spacial score (nSPS) is 18.0. The van der Waals surface area contributed by atoms with E-state index in [0.29, 0.717) is 0 Å². The van der Waals surface area contributed by atoms with E-state index in [1.54, 1.807) is 14.0 Å². The minimum atomic E-state index is -0.683. The molecule has 0 saturated carbocycles. The van der Waals surface area contributed by atoms with Crippen molar-refractivity contribution in [1.29, 1.82) is 0 Å². The van der Waals surface area contributed by atoms with Gasteiger partial charge >= 0.3 is 0 Å². The van der Waals surface area contributed by atoms with Gasteiger partial charge in [0.2, 0.25) is 0 Å². The first kappa shape index (κ1) is 7.88. The number of aliphatic hydroxyl groups excluding tert-OH is 1. The van der Waals surface area contributed by atoms with Crippen molar-refractivity contribution in [3.63, 3.8) is 0 Å². The Hall–Kier alpha value is -0.120. The third-order valence-electron chi connectivity index (χ3n) is 0.808. The lowest BCUT2D eigenvalue weighted by molar-refractivity contribution is -0.125. The number of hydrogen-bond acceptors (Lipinski definition) is 3. The Morgan fingerprint density at radius 1 is 1.50 bits per heavy atom. The van der Waals surface area contributed by atoms with E-state index in [4.69, 9.17) is 9.84 Å². The molecule has 2 N–H and O–H groups in total. The standard InChI is InChI=1S/C5H13NO2/c1-4(6-3)8-5(2)7/h4-7H,1-3H3. The van der Waals surface area contributed by atoms with Gasteiger partial charge in [0.05, 0.1) is 0 Å². The third-order valence-corrected chi connectivity index (χ3v) is 0.808. The monoisotopic (exact) mass is 119 g/mol. The van der Waals surface area contributed by atoms with Crippen molar-refractivity contribution >= 4 is 0 Å². The van der Waals surface area contributed by atoms with Crippen LogP contribution in [0.25, 0.3) is 0 Å². The van der Waals surface area contributed by atoms with Crippen LogP contribution in [0.4, 0.5) is 0 Å². The van der Waals surface area contributed by atoms with E-state index >= 15 is 0 Å². The van der Waals surface area contributed by atoms with Gasteiger partial charge in [0, 0.05) is 0 Å². The Bertz CT molecular complexity index is 56.4. The van der Waals surface area contributed by atoms with E-state index in [-0.39, 0.29) is 6.23 Å². The highest BCUT2D eigenvalue weighted by Crippen LogP contribution is 1.88. The Morgan fingerprint density at radius 2 is 2.00 bits per heavy atom. The van der Waals surface area contributed by atoms with Gasteiger partial charge in [-0.2, -0.15) is 0 Å². The zero-order valence-electron chi connectivity index (χ0n) is 5.51. The van der Waals surface area contributed by atoms with Crippen LogP contribution in [-0.4, -0.2) is 24.7 Å². The van der Waals surface area contributed by atoms with Crippen LogP contribution in [0, 0.1) is 0 Å². The second kappa shape index (κ2) is 3.83. The van der Waals surface area contributed by atoms with E-state index in [1.807, 2.05) is 6.92 Å². The van der Waals surface area contributed by atoms with Crippen LogP contribution < -0.4 is 5.32 Å². The molecule has 0 spiro atoms. The Morgan fingerprint density at radius 3 is 2.12 bits per heavy atom. The predicted octanol–water partition coefficient (Wildman–Crippen LogP) is -0.0933. The highest BCUT2D eigenvalue weighted by atomic mass is 16.6. The quantitative estimate of drug-likeness (QED) is 0.510. The molecular weight excluding hydrogens is 106 g/mol. The zero-order valence-corrected chi connectivity index (χ0v) is 5.51. The maximum atomic E-state index is 8.59. The fourth-order valence-electron chi connectivity index (χ4n) is 0.363. The van der Waals surface area contributed by atoms with Crippen LogP contribution in [0.1, 0.15) is 13.8 Å². The van der Waals surface area contributed by atoms with Crippen LogP contribution >= 0.6 is 0 Å². The predicted molar refractivity (Wildman–Crippen MR) is 31.3 cm³/mol. The van der Waals surface area contributed by atoms with E-state index in [9.17, 15) is 0 Å². The topological polar surface area (TPSA) is 41.5 Å². The lowest BCUT2D eigenvalue weighted by atomic mass is 10.6. The van der Waals surface area contributed by atoms with Crippen molar-refractivity contribution in [3.05, 3.63) is 0 Å². The average Bonchev–Trinajstić information content (AvgIpc) is 1.65. The maximum absolute atomic E-state index is 8.59. The molecule has 0 aliphatic carbocycles. The number of ether oxygens (including phenoxy) is 1. The SMILES string of the molecule is CNC(C)OC(C)O. The number of hydrogen-bond donors (Lipinski definition) is 2. The molecule has 0 aromatic carbocycles. The molecule has 0 aliphatic rings. The minimum Gasteiger partial charge on any atom is -0.368 e. The van der Waals surface area contributed by atoms with E-state index < -0.39 is 6.29 Å². The number of nitrogens with one attached hydrogen (secondary N) is 1. The number of rotatable bonds is 3. The molecule has 50 valence electrons. The molecule has 3 nitrogen and oxygen atoms in total. The van der Waals surface area contributed by atoms with Crippen LogP contribution in [0.5, 0.6) is 0 Å². The molecular formula is C5H13NO2. The van der Waals surface area contributed by atoms with Crippen molar-refractivity contribution in [2.24, 2.45) is 0 Å². The summed E-state index contributed by atoms with van der Waals surface area (Å²) >= 11 is 0. The molecule has 0 rings (SSSR count). The molecule has 0 aromatic heterocycles.